The minimum Gasteiger partial charge on any atom is -0.465 e. The van der Waals surface area contributed by atoms with Gasteiger partial charge in [0.2, 0.25) is 0 Å². The van der Waals surface area contributed by atoms with Gasteiger partial charge in [-0.3, -0.25) is 4.72 Å². The van der Waals surface area contributed by atoms with Crippen LogP contribution in [0.4, 0.5) is 5.69 Å². The number of fused-ring (bicyclic) bond motifs is 1. The Labute approximate surface area is 166 Å². The molecule has 0 unspecified atom stereocenters. The second-order valence-electron chi connectivity index (χ2n) is 5.32. The minimum absolute atomic E-state index is 0.00781. The van der Waals surface area contributed by atoms with Crippen LogP contribution in [0.2, 0.25) is 0 Å². The maximum Gasteiger partial charge on any atom is 0.350 e. The van der Waals surface area contributed by atoms with Crippen LogP contribution in [0.3, 0.4) is 0 Å². The van der Waals surface area contributed by atoms with Gasteiger partial charge < -0.3 is 4.74 Å². The summed E-state index contributed by atoms with van der Waals surface area (Å²) in [5.41, 5.74) is 0.972. The fourth-order valence-corrected chi connectivity index (χ4v) is 6.20. The minimum atomic E-state index is -3.97. The molecule has 3 heterocycles. The summed E-state index contributed by atoms with van der Waals surface area (Å²) in [6.45, 7) is 0. The lowest BCUT2D eigenvalue weighted by molar-refractivity contribution is 0.0607. The van der Waals surface area contributed by atoms with Crippen molar-refractivity contribution in [3.05, 3.63) is 46.7 Å². The van der Waals surface area contributed by atoms with Crippen LogP contribution in [0.25, 0.3) is 20.8 Å². The lowest BCUT2D eigenvalue weighted by Crippen LogP contribution is -2.15. The lowest BCUT2D eigenvalue weighted by Gasteiger charge is -2.08. The second-order valence-corrected chi connectivity index (χ2v) is 9.50. The molecule has 3 aromatic heterocycles. The fourth-order valence-electron chi connectivity index (χ4n) is 2.45. The van der Waals surface area contributed by atoms with Gasteiger partial charge in [0.05, 0.1) is 24.5 Å². The summed E-state index contributed by atoms with van der Waals surface area (Å²) in [7, 11) is -2.72. The molecule has 0 fully saturated rings. The number of methoxy groups -OCH3 is 1. The summed E-state index contributed by atoms with van der Waals surface area (Å²) < 4.78 is 41.4. The number of nitrogens with one attached hydrogen (secondary N) is 1. The van der Waals surface area contributed by atoms with Gasteiger partial charge in [-0.2, -0.15) is 8.75 Å². The first-order valence-corrected chi connectivity index (χ1v) is 11.4. The highest BCUT2D eigenvalue weighted by Crippen LogP contribution is 2.38. The molecule has 0 spiro atoms. The van der Waals surface area contributed by atoms with Crippen LogP contribution in [0.1, 0.15) is 9.67 Å². The smallest absolute Gasteiger partial charge is 0.350 e. The first-order valence-electron chi connectivity index (χ1n) is 7.50. The predicted molar refractivity (Wildman–Crippen MR) is 107 cm³/mol. The summed E-state index contributed by atoms with van der Waals surface area (Å²) in [6, 6.07) is 10.2. The fraction of sp³-hybridized carbons (Fsp3) is 0.0625. The number of hydrogen-bond donors (Lipinski definition) is 1. The van der Waals surface area contributed by atoms with E-state index in [4.69, 9.17) is 4.74 Å². The van der Waals surface area contributed by atoms with Crippen LogP contribution >= 0.6 is 34.4 Å². The zero-order valence-corrected chi connectivity index (χ0v) is 17.0. The number of ether oxygens (including phenoxy) is 1. The number of hydrogen-bond acceptors (Lipinski definition) is 9. The molecule has 11 heteroatoms. The Balaban J connectivity index is 1.79. The third-order valence-corrected chi connectivity index (χ3v) is 7.77. The number of carbonyl (C=O) groups is 1. The van der Waals surface area contributed by atoms with Crippen molar-refractivity contribution >= 4 is 67.1 Å². The van der Waals surface area contributed by atoms with Gasteiger partial charge in [0.15, 0.2) is 0 Å². The van der Waals surface area contributed by atoms with Crippen LogP contribution in [0.15, 0.2) is 46.7 Å². The molecule has 1 N–H and O–H groups in total. The molecule has 0 saturated heterocycles. The van der Waals surface area contributed by atoms with Crippen molar-refractivity contribution in [3.8, 4) is 9.75 Å². The quantitative estimate of drug-likeness (QED) is 0.473. The number of aromatic nitrogens is 2. The van der Waals surface area contributed by atoms with Gasteiger partial charge in [0.1, 0.15) is 20.8 Å². The molecule has 0 amide bonds. The van der Waals surface area contributed by atoms with Crippen LogP contribution in [-0.4, -0.2) is 30.2 Å². The molecule has 0 atom stereocenters. The lowest BCUT2D eigenvalue weighted by atomic mass is 10.3. The van der Waals surface area contributed by atoms with Gasteiger partial charge in [-0.25, -0.2) is 13.2 Å². The summed E-state index contributed by atoms with van der Waals surface area (Å²) in [4.78, 5) is 14.0. The molecule has 0 bridgehead atoms. The van der Waals surface area contributed by atoms with E-state index in [0.29, 0.717) is 11.0 Å². The summed E-state index contributed by atoms with van der Waals surface area (Å²) in [6.07, 6.45) is 0. The summed E-state index contributed by atoms with van der Waals surface area (Å²) >= 11 is 3.61. The molecule has 4 rings (SSSR count). The third-order valence-electron chi connectivity index (χ3n) is 3.65. The van der Waals surface area contributed by atoms with E-state index < -0.39 is 16.0 Å². The first-order chi connectivity index (χ1) is 13.0. The zero-order valence-electron chi connectivity index (χ0n) is 13.7. The molecule has 0 aliphatic rings. The van der Waals surface area contributed by atoms with Gasteiger partial charge in [-0.1, -0.05) is 12.1 Å². The number of benzene rings is 1. The number of rotatable bonds is 5. The molecule has 27 heavy (non-hydrogen) atoms. The van der Waals surface area contributed by atoms with Crippen molar-refractivity contribution < 1.29 is 17.9 Å². The molecule has 138 valence electrons. The average Bonchev–Trinajstić information content (AvgIpc) is 3.39. The molecule has 0 saturated carbocycles. The third kappa shape index (κ3) is 3.34. The van der Waals surface area contributed by atoms with E-state index in [9.17, 15) is 13.2 Å². The first kappa shape index (κ1) is 18.0. The van der Waals surface area contributed by atoms with Crippen molar-refractivity contribution in [1.82, 2.24) is 8.75 Å². The molecule has 4 aromatic rings. The zero-order chi connectivity index (χ0) is 19.0. The van der Waals surface area contributed by atoms with Crippen molar-refractivity contribution in [3.63, 3.8) is 0 Å². The largest absolute Gasteiger partial charge is 0.465 e. The molecule has 1 aromatic carbocycles. The van der Waals surface area contributed by atoms with Gasteiger partial charge >= 0.3 is 5.97 Å². The van der Waals surface area contributed by atoms with E-state index in [1.807, 2.05) is 17.5 Å². The van der Waals surface area contributed by atoms with Crippen molar-refractivity contribution in [2.75, 3.05) is 11.8 Å². The van der Waals surface area contributed by atoms with Crippen LogP contribution in [-0.2, 0) is 14.8 Å². The Morgan fingerprint density at radius 3 is 2.74 bits per heavy atom. The number of sulfonamides is 1. The van der Waals surface area contributed by atoms with Crippen molar-refractivity contribution in [2.45, 2.75) is 4.90 Å². The second kappa shape index (κ2) is 7.00. The monoisotopic (exact) mass is 437 g/mol. The highest BCUT2D eigenvalue weighted by molar-refractivity contribution is 7.93. The molecule has 0 aliphatic heterocycles. The maximum atomic E-state index is 13.0. The average molecular weight is 438 g/mol. The van der Waals surface area contributed by atoms with Crippen LogP contribution in [0, 0.1) is 0 Å². The van der Waals surface area contributed by atoms with Crippen molar-refractivity contribution in [2.24, 2.45) is 0 Å². The highest BCUT2D eigenvalue weighted by Gasteiger charge is 2.25. The Hall–Kier alpha value is -2.34. The van der Waals surface area contributed by atoms with E-state index in [-0.39, 0.29) is 15.5 Å². The molecule has 0 aliphatic carbocycles. The van der Waals surface area contributed by atoms with Crippen LogP contribution < -0.4 is 4.72 Å². The van der Waals surface area contributed by atoms with Gasteiger partial charge in [0, 0.05) is 9.75 Å². The highest BCUT2D eigenvalue weighted by atomic mass is 32.2. The van der Waals surface area contributed by atoms with E-state index in [1.54, 1.807) is 18.2 Å². The van der Waals surface area contributed by atoms with Crippen LogP contribution in [0.5, 0.6) is 0 Å². The van der Waals surface area contributed by atoms with E-state index in [1.165, 1.54) is 35.8 Å². The Morgan fingerprint density at radius 2 is 2.00 bits per heavy atom. The van der Waals surface area contributed by atoms with E-state index >= 15 is 0 Å². The van der Waals surface area contributed by atoms with Gasteiger partial charge in [0.25, 0.3) is 10.0 Å². The number of nitrogens with zero attached hydrogens (tertiary/aromatic N) is 2. The standard InChI is InChI=1S/C16H11N3O4S4/c1-23-16(20)15-10(8-12(25-15)11-5-3-7-24-11)19-27(21,22)13-6-2-4-9-14(13)18-26-17-9/h2-8,19H,1H3. The maximum absolute atomic E-state index is 13.0. The topological polar surface area (TPSA) is 98.2 Å². The van der Waals surface area contributed by atoms with E-state index in [2.05, 4.69) is 13.5 Å². The Morgan fingerprint density at radius 1 is 1.15 bits per heavy atom. The molecular formula is C16H11N3O4S4. The normalized spacial score (nSPS) is 11.6. The Kier molecular flexibility index (Phi) is 4.68. The number of anilines is 1. The van der Waals surface area contributed by atoms with Gasteiger partial charge in [-0.05, 0) is 29.6 Å². The molecule has 0 radical (unpaired) electrons. The van der Waals surface area contributed by atoms with Gasteiger partial charge in [-0.15, -0.1) is 22.7 Å². The van der Waals surface area contributed by atoms with Crippen molar-refractivity contribution in [1.29, 1.82) is 0 Å². The predicted octanol–water partition coefficient (Wildman–Crippen LogP) is 4.07. The molecular weight excluding hydrogens is 426 g/mol. The number of thiophene rings is 2. The molecule has 7 nitrogen and oxygen atoms in total. The number of esters is 1. The van der Waals surface area contributed by atoms with E-state index in [0.717, 1.165) is 21.5 Å². The number of carbonyl (C=O) groups excluding carboxylic acids is 1. The Bertz CT molecular complexity index is 1230. The summed E-state index contributed by atoms with van der Waals surface area (Å²) in [5, 5.41) is 1.91. The SMILES string of the molecule is COC(=O)c1sc(-c2cccs2)cc1NS(=O)(=O)c1cccc2nsnc12. The summed E-state index contributed by atoms with van der Waals surface area (Å²) in [5.74, 6) is -0.603.